The Labute approximate surface area is 124 Å². The molecule has 1 aliphatic heterocycles. The van der Waals surface area contributed by atoms with Crippen molar-refractivity contribution in [3.63, 3.8) is 0 Å². The molecule has 0 radical (unpaired) electrons. The van der Waals surface area contributed by atoms with Crippen molar-refractivity contribution in [3.8, 4) is 0 Å². The van der Waals surface area contributed by atoms with Crippen LogP contribution in [-0.2, 0) is 20.9 Å². The summed E-state index contributed by atoms with van der Waals surface area (Å²) in [5.74, 6) is 0.483. The zero-order valence-electron chi connectivity index (χ0n) is 12.6. The number of rotatable bonds is 5. The molecule has 0 unspecified atom stereocenters. The van der Waals surface area contributed by atoms with Gasteiger partial charge in [-0.25, -0.2) is 0 Å². The van der Waals surface area contributed by atoms with Crippen LogP contribution in [0.1, 0.15) is 18.6 Å². The molecule has 6 heteroatoms. The third kappa shape index (κ3) is 4.32. The number of carbonyl (C=O) groups excluding carboxylic acids is 2. The SMILES string of the molecule is COC(=O)[C@H]1CCCN(CC(=O)N(C)Cc2ccco2)C1. The zero-order valence-corrected chi connectivity index (χ0v) is 12.6. The van der Waals surface area contributed by atoms with Gasteiger partial charge < -0.3 is 14.1 Å². The number of amides is 1. The second kappa shape index (κ2) is 7.26. The van der Waals surface area contributed by atoms with E-state index in [9.17, 15) is 9.59 Å². The lowest BCUT2D eigenvalue weighted by Gasteiger charge is -2.31. The van der Waals surface area contributed by atoms with Gasteiger partial charge in [-0.15, -0.1) is 0 Å². The zero-order chi connectivity index (χ0) is 15.2. The van der Waals surface area contributed by atoms with Crippen molar-refractivity contribution in [2.75, 3.05) is 33.8 Å². The molecule has 6 nitrogen and oxygen atoms in total. The first-order valence-electron chi connectivity index (χ1n) is 7.16. The normalized spacial score (nSPS) is 19.2. The Morgan fingerprint density at radius 2 is 2.33 bits per heavy atom. The Morgan fingerprint density at radius 1 is 1.52 bits per heavy atom. The minimum absolute atomic E-state index is 0.0249. The molecule has 0 aromatic carbocycles. The van der Waals surface area contributed by atoms with Crippen molar-refractivity contribution < 1.29 is 18.7 Å². The number of nitrogens with zero attached hydrogens (tertiary/aromatic N) is 2. The van der Waals surface area contributed by atoms with Gasteiger partial charge in [0.05, 0.1) is 32.4 Å². The summed E-state index contributed by atoms with van der Waals surface area (Å²) >= 11 is 0. The average molecular weight is 294 g/mol. The standard InChI is InChI=1S/C15H22N2O4/c1-16(10-13-6-4-8-21-13)14(18)11-17-7-3-5-12(9-17)15(19)20-2/h4,6,8,12H,3,5,7,9-11H2,1-2H3/t12-/m0/s1. The van der Waals surface area contributed by atoms with Crippen LogP contribution in [0, 0.1) is 5.92 Å². The summed E-state index contributed by atoms with van der Waals surface area (Å²) in [4.78, 5) is 27.5. The van der Waals surface area contributed by atoms with Gasteiger partial charge in [0.25, 0.3) is 0 Å². The van der Waals surface area contributed by atoms with Crippen molar-refractivity contribution in [1.82, 2.24) is 9.80 Å². The number of hydrogen-bond donors (Lipinski definition) is 0. The Balaban J connectivity index is 1.82. The Morgan fingerprint density at radius 3 is 3.00 bits per heavy atom. The lowest BCUT2D eigenvalue weighted by Crippen LogP contribution is -2.44. The predicted octanol–water partition coefficient (Wildman–Crippen LogP) is 1.12. The third-order valence-corrected chi connectivity index (χ3v) is 3.80. The van der Waals surface area contributed by atoms with E-state index in [1.54, 1.807) is 24.3 Å². The number of likely N-dealkylation sites (N-methyl/N-ethyl adjacent to an activating group) is 1. The van der Waals surface area contributed by atoms with Crippen LogP contribution < -0.4 is 0 Å². The molecule has 0 saturated carbocycles. The van der Waals surface area contributed by atoms with E-state index in [0.29, 0.717) is 19.6 Å². The first-order valence-corrected chi connectivity index (χ1v) is 7.16. The van der Waals surface area contributed by atoms with Gasteiger partial charge >= 0.3 is 5.97 Å². The molecule has 0 aliphatic carbocycles. The van der Waals surface area contributed by atoms with E-state index in [-0.39, 0.29) is 17.8 Å². The molecular formula is C15H22N2O4. The molecule has 0 bridgehead atoms. The Hall–Kier alpha value is -1.82. The molecule has 1 aromatic heterocycles. The highest BCUT2D eigenvalue weighted by atomic mass is 16.5. The maximum absolute atomic E-state index is 12.2. The van der Waals surface area contributed by atoms with Crippen LogP contribution >= 0.6 is 0 Å². The first-order chi connectivity index (χ1) is 10.1. The van der Waals surface area contributed by atoms with Gasteiger partial charge in [0.15, 0.2) is 0 Å². The minimum atomic E-state index is -0.184. The molecule has 0 N–H and O–H groups in total. The quantitative estimate of drug-likeness (QED) is 0.762. The fourth-order valence-corrected chi connectivity index (χ4v) is 2.59. The van der Waals surface area contributed by atoms with Gasteiger partial charge in [0, 0.05) is 13.6 Å². The van der Waals surface area contributed by atoms with Crippen LogP contribution in [0.5, 0.6) is 0 Å². The van der Waals surface area contributed by atoms with E-state index in [1.165, 1.54) is 7.11 Å². The topological polar surface area (TPSA) is 63.0 Å². The highest BCUT2D eigenvalue weighted by Gasteiger charge is 2.28. The minimum Gasteiger partial charge on any atom is -0.469 e. The smallest absolute Gasteiger partial charge is 0.309 e. The van der Waals surface area contributed by atoms with Crippen LogP contribution in [0.2, 0.25) is 0 Å². The summed E-state index contributed by atoms with van der Waals surface area (Å²) in [6.45, 7) is 2.21. The summed E-state index contributed by atoms with van der Waals surface area (Å²) in [7, 11) is 3.16. The summed E-state index contributed by atoms with van der Waals surface area (Å²) in [6.07, 6.45) is 3.34. The van der Waals surface area contributed by atoms with Crippen LogP contribution in [-0.4, -0.2) is 55.5 Å². The first kappa shape index (κ1) is 15.6. The van der Waals surface area contributed by atoms with Crippen molar-refractivity contribution in [2.24, 2.45) is 5.92 Å². The van der Waals surface area contributed by atoms with E-state index in [2.05, 4.69) is 0 Å². The predicted molar refractivity (Wildman–Crippen MR) is 76.4 cm³/mol. The van der Waals surface area contributed by atoms with Gasteiger partial charge in [0.2, 0.25) is 5.91 Å². The maximum Gasteiger partial charge on any atom is 0.309 e. The number of ether oxygens (including phenoxy) is 1. The molecule has 1 atom stereocenters. The average Bonchev–Trinajstić information content (AvgIpc) is 2.99. The van der Waals surface area contributed by atoms with Crippen LogP contribution in [0.15, 0.2) is 22.8 Å². The summed E-state index contributed by atoms with van der Waals surface area (Å²) in [6, 6.07) is 3.65. The fourth-order valence-electron chi connectivity index (χ4n) is 2.59. The van der Waals surface area contributed by atoms with E-state index >= 15 is 0 Å². The van der Waals surface area contributed by atoms with Gasteiger partial charge in [-0.05, 0) is 31.5 Å². The molecular weight excluding hydrogens is 272 g/mol. The fraction of sp³-hybridized carbons (Fsp3) is 0.600. The van der Waals surface area contributed by atoms with Crippen molar-refractivity contribution in [3.05, 3.63) is 24.2 Å². The van der Waals surface area contributed by atoms with Gasteiger partial charge in [-0.2, -0.15) is 0 Å². The van der Waals surface area contributed by atoms with E-state index < -0.39 is 0 Å². The van der Waals surface area contributed by atoms with Crippen LogP contribution in [0.3, 0.4) is 0 Å². The molecule has 1 saturated heterocycles. The molecule has 1 aliphatic rings. The summed E-state index contributed by atoms with van der Waals surface area (Å²) in [5, 5.41) is 0. The van der Waals surface area contributed by atoms with E-state index in [1.807, 2.05) is 11.0 Å². The van der Waals surface area contributed by atoms with Gasteiger partial charge in [-0.1, -0.05) is 0 Å². The highest BCUT2D eigenvalue weighted by molar-refractivity contribution is 5.78. The maximum atomic E-state index is 12.2. The summed E-state index contributed by atoms with van der Waals surface area (Å²) in [5.41, 5.74) is 0. The number of methoxy groups -OCH3 is 1. The molecule has 0 spiro atoms. The third-order valence-electron chi connectivity index (χ3n) is 3.80. The van der Waals surface area contributed by atoms with Crippen LogP contribution in [0.4, 0.5) is 0 Å². The largest absolute Gasteiger partial charge is 0.469 e. The van der Waals surface area contributed by atoms with Crippen LogP contribution in [0.25, 0.3) is 0 Å². The molecule has 21 heavy (non-hydrogen) atoms. The lowest BCUT2D eigenvalue weighted by molar-refractivity contribution is -0.148. The molecule has 2 rings (SSSR count). The highest BCUT2D eigenvalue weighted by Crippen LogP contribution is 2.17. The second-order valence-electron chi connectivity index (χ2n) is 5.43. The molecule has 2 heterocycles. The molecule has 116 valence electrons. The van der Waals surface area contributed by atoms with E-state index in [4.69, 9.17) is 9.15 Å². The molecule has 1 aromatic rings. The van der Waals surface area contributed by atoms with Gasteiger partial charge in [-0.3, -0.25) is 14.5 Å². The number of furan rings is 1. The summed E-state index contributed by atoms with van der Waals surface area (Å²) < 4.78 is 10.0. The number of esters is 1. The number of carbonyl (C=O) groups is 2. The monoisotopic (exact) mass is 294 g/mol. The number of piperidine rings is 1. The Bertz CT molecular complexity index is 472. The van der Waals surface area contributed by atoms with Crippen molar-refractivity contribution in [1.29, 1.82) is 0 Å². The number of likely N-dealkylation sites (tertiary alicyclic amines) is 1. The Kier molecular flexibility index (Phi) is 5.38. The second-order valence-corrected chi connectivity index (χ2v) is 5.43. The van der Waals surface area contributed by atoms with E-state index in [0.717, 1.165) is 25.1 Å². The van der Waals surface area contributed by atoms with Gasteiger partial charge in [0.1, 0.15) is 5.76 Å². The van der Waals surface area contributed by atoms with Crippen molar-refractivity contribution >= 4 is 11.9 Å². The lowest BCUT2D eigenvalue weighted by atomic mass is 9.98. The molecule has 1 fully saturated rings. The van der Waals surface area contributed by atoms with Crippen molar-refractivity contribution in [2.45, 2.75) is 19.4 Å². The molecule has 1 amide bonds. The number of hydrogen-bond acceptors (Lipinski definition) is 5.